The van der Waals surface area contributed by atoms with Crippen molar-refractivity contribution in [2.45, 2.75) is 316 Å². The first-order valence-electron chi connectivity index (χ1n) is 27.7. The van der Waals surface area contributed by atoms with Gasteiger partial charge in [-0.3, -0.25) is 14.4 Å². The van der Waals surface area contributed by atoms with E-state index < -0.39 is 6.10 Å². The van der Waals surface area contributed by atoms with Crippen molar-refractivity contribution in [3.8, 4) is 0 Å². The summed E-state index contributed by atoms with van der Waals surface area (Å²) in [6.45, 7) is 6.61. The molecule has 0 aliphatic rings. The molecule has 1 atom stereocenters. The van der Waals surface area contributed by atoms with Crippen molar-refractivity contribution in [2.75, 3.05) is 13.2 Å². The Kier molecular flexibility index (Phi) is 50.2. The van der Waals surface area contributed by atoms with E-state index in [1.165, 1.54) is 205 Å². The molecule has 0 aromatic carbocycles. The molecule has 1 unspecified atom stereocenters. The van der Waals surface area contributed by atoms with Crippen molar-refractivity contribution in [2.24, 2.45) is 0 Å². The molecule has 0 fully saturated rings. The van der Waals surface area contributed by atoms with Crippen molar-refractivity contribution >= 4 is 17.9 Å². The Morgan fingerprint density at radius 2 is 0.532 bits per heavy atom. The van der Waals surface area contributed by atoms with Gasteiger partial charge in [-0.15, -0.1) is 0 Å². The Balaban J connectivity index is 4.08. The lowest BCUT2D eigenvalue weighted by atomic mass is 10.0. The summed E-state index contributed by atoms with van der Waals surface area (Å²) in [6.07, 6.45) is 58.1. The molecule has 0 bridgehead atoms. The maximum absolute atomic E-state index is 12.7. The van der Waals surface area contributed by atoms with Crippen LogP contribution >= 0.6 is 0 Å². The lowest BCUT2D eigenvalue weighted by Gasteiger charge is -2.18. The van der Waals surface area contributed by atoms with Crippen LogP contribution < -0.4 is 0 Å². The highest BCUT2D eigenvalue weighted by Crippen LogP contribution is 2.17. The minimum Gasteiger partial charge on any atom is -0.462 e. The summed E-state index contributed by atoms with van der Waals surface area (Å²) in [7, 11) is 0. The number of carbonyl (C=O) groups is 3. The lowest BCUT2D eigenvalue weighted by Crippen LogP contribution is -2.30. The molecule has 6 nitrogen and oxygen atoms in total. The molecule has 366 valence electrons. The van der Waals surface area contributed by atoms with Crippen LogP contribution in [0.5, 0.6) is 0 Å². The van der Waals surface area contributed by atoms with Crippen LogP contribution in [0.1, 0.15) is 310 Å². The van der Waals surface area contributed by atoms with Crippen LogP contribution in [0.3, 0.4) is 0 Å². The fourth-order valence-electron chi connectivity index (χ4n) is 8.32. The summed E-state index contributed by atoms with van der Waals surface area (Å²) in [5.74, 6) is -0.870. The minimum absolute atomic E-state index is 0.0688. The number of esters is 3. The molecule has 0 radical (unpaired) electrons. The summed E-state index contributed by atoms with van der Waals surface area (Å²) in [6, 6.07) is 0. The molecule has 0 aliphatic carbocycles. The van der Waals surface area contributed by atoms with Gasteiger partial charge in [0.1, 0.15) is 13.2 Å². The number of carbonyl (C=O) groups excluding carboxylic acids is 3. The van der Waals surface area contributed by atoms with Gasteiger partial charge in [0.2, 0.25) is 0 Å². The third kappa shape index (κ3) is 49.2. The minimum atomic E-state index is -0.766. The van der Waals surface area contributed by atoms with Crippen molar-refractivity contribution in [3.05, 3.63) is 12.2 Å². The number of hydrogen-bond donors (Lipinski definition) is 0. The molecule has 0 saturated carbocycles. The highest BCUT2D eigenvalue weighted by atomic mass is 16.6. The van der Waals surface area contributed by atoms with Gasteiger partial charge in [-0.1, -0.05) is 258 Å². The second kappa shape index (κ2) is 51.8. The first kappa shape index (κ1) is 60.2. The molecule has 6 heteroatoms. The Bertz CT molecular complexity index is 962. The van der Waals surface area contributed by atoms with Gasteiger partial charge in [0.15, 0.2) is 6.10 Å². The predicted molar refractivity (Wildman–Crippen MR) is 266 cm³/mol. The predicted octanol–water partition coefficient (Wildman–Crippen LogP) is 18.2. The quantitative estimate of drug-likeness (QED) is 0.0262. The van der Waals surface area contributed by atoms with Crippen molar-refractivity contribution in [1.82, 2.24) is 0 Å². The fourth-order valence-corrected chi connectivity index (χ4v) is 8.32. The fraction of sp³-hybridized carbons (Fsp3) is 0.911. The van der Waals surface area contributed by atoms with E-state index in [2.05, 4.69) is 32.9 Å². The van der Waals surface area contributed by atoms with Gasteiger partial charge in [-0.2, -0.15) is 0 Å². The first-order chi connectivity index (χ1) is 30.5. The Morgan fingerprint density at radius 1 is 0.306 bits per heavy atom. The van der Waals surface area contributed by atoms with Crippen molar-refractivity contribution < 1.29 is 28.6 Å². The van der Waals surface area contributed by atoms with Crippen LogP contribution in [0.2, 0.25) is 0 Å². The second-order valence-electron chi connectivity index (χ2n) is 18.9. The van der Waals surface area contributed by atoms with Crippen LogP contribution in [0.25, 0.3) is 0 Å². The normalized spacial score (nSPS) is 12.0. The first-order valence-corrected chi connectivity index (χ1v) is 27.7. The van der Waals surface area contributed by atoms with Crippen molar-refractivity contribution in [1.29, 1.82) is 0 Å². The summed E-state index contributed by atoms with van der Waals surface area (Å²) in [4.78, 5) is 37.8. The molecule has 0 spiro atoms. The molecular weight excluding hydrogens is 769 g/mol. The van der Waals surface area contributed by atoms with Crippen LogP contribution in [0, 0.1) is 0 Å². The molecule has 0 saturated heterocycles. The third-order valence-corrected chi connectivity index (χ3v) is 12.5. The Hall–Kier alpha value is -1.85. The SMILES string of the molecule is CCCCCCCC/C=C\CCCCCCCC(=O)OC(COC(=O)CCCCCCCC)COC(=O)CCCCCCCCCCCCCCCCCCCCCCCCC. The summed E-state index contributed by atoms with van der Waals surface area (Å²) in [5.41, 5.74) is 0. The van der Waals surface area contributed by atoms with E-state index in [4.69, 9.17) is 14.2 Å². The van der Waals surface area contributed by atoms with E-state index in [-0.39, 0.29) is 31.1 Å². The molecule has 0 heterocycles. The van der Waals surface area contributed by atoms with Crippen LogP contribution in [0.4, 0.5) is 0 Å². The maximum Gasteiger partial charge on any atom is 0.306 e. The van der Waals surface area contributed by atoms with E-state index in [0.717, 1.165) is 64.2 Å². The zero-order chi connectivity index (χ0) is 45.1. The summed E-state index contributed by atoms with van der Waals surface area (Å²) < 4.78 is 16.7. The average molecular weight is 875 g/mol. The molecule has 0 rings (SSSR count). The molecule has 0 aromatic heterocycles. The Morgan fingerprint density at radius 3 is 0.806 bits per heavy atom. The van der Waals surface area contributed by atoms with E-state index in [1.807, 2.05) is 0 Å². The van der Waals surface area contributed by atoms with Gasteiger partial charge in [0.25, 0.3) is 0 Å². The largest absolute Gasteiger partial charge is 0.462 e. The third-order valence-electron chi connectivity index (χ3n) is 12.5. The Labute approximate surface area is 386 Å². The van der Waals surface area contributed by atoms with E-state index in [9.17, 15) is 14.4 Å². The van der Waals surface area contributed by atoms with Crippen LogP contribution in [0.15, 0.2) is 12.2 Å². The molecular formula is C56H106O6. The van der Waals surface area contributed by atoms with E-state index in [0.29, 0.717) is 19.3 Å². The molecule has 0 aliphatic heterocycles. The molecule has 0 N–H and O–H groups in total. The monoisotopic (exact) mass is 875 g/mol. The van der Waals surface area contributed by atoms with Crippen LogP contribution in [-0.4, -0.2) is 37.2 Å². The standard InChI is InChI=1S/C56H106O6/c1-4-7-10-13-16-18-20-22-24-25-26-27-28-29-30-31-33-34-36-38-40-43-46-49-55(58)61-52-53(51-60-54(57)48-45-42-15-12-9-6-3)62-56(59)50-47-44-41-39-37-35-32-23-21-19-17-14-11-8-5-2/h23,32,53H,4-22,24-31,33-52H2,1-3H3/b32-23-. The number of rotatable bonds is 51. The smallest absolute Gasteiger partial charge is 0.306 e. The molecule has 62 heavy (non-hydrogen) atoms. The molecule has 0 aromatic rings. The zero-order valence-corrected chi connectivity index (χ0v) is 41.9. The van der Waals surface area contributed by atoms with Gasteiger partial charge in [-0.25, -0.2) is 0 Å². The topological polar surface area (TPSA) is 78.9 Å². The van der Waals surface area contributed by atoms with Gasteiger partial charge >= 0.3 is 17.9 Å². The van der Waals surface area contributed by atoms with Crippen molar-refractivity contribution in [3.63, 3.8) is 0 Å². The van der Waals surface area contributed by atoms with E-state index >= 15 is 0 Å². The van der Waals surface area contributed by atoms with Gasteiger partial charge < -0.3 is 14.2 Å². The molecule has 0 amide bonds. The van der Waals surface area contributed by atoms with Crippen LogP contribution in [-0.2, 0) is 28.6 Å². The number of allylic oxidation sites excluding steroid dienone is 2. The maximum atomic E-state index is 12.7. The number of unbranched alkanes of at least 4 members (excludes halogenated alkanes) is 38. The summed E-state index contributed by atoms with van der Waals surface area (Å²) in [5, 5.41) is 0. The lowest BCUT2D eigenvalue weighted by molar-refractivity contribution is -0.167. The highest BCUT2D eigenvalue weighted by Gasteiger charge is 2.19. The summed E-state index contributed by atoms with van der Waals surface area (Å²) >= 11 is 0. The number of hydrogen-bond acceptors (Lipinski definition) is 6. The highest BCUT2D eigenvalue weighted by molar-refractivity contribution is 5.71. The van der Waals surface area contributed by atoms with Gasteiger partial charge in [0.05, 0.1) is 0 Å². The van der Waals surface area contributed by atoms with Gasteiger partial charge in [-0.05, 0) is 44.9 Å². The zero-order valence-electron chi connectivity index (χ0n) is 41.9. The second-order valence-corrected chi connectivity index (χ2v) is 18.9. The number of ether oxygens (including phenoxy) is 3. The average Bonchev–Trinajstić information content (AvgIpc) is 3.27. The van der Waals surface area contributed by atoms with Gasteiger partial charge in [0, 0.05) is 19.3 Å². The van der Waals surface area contributed by atoms with E-state index in [1.54, 1.807) is 0 Å².